The van der Waals surface area contributed by atoms with Gasteiger partial charge in [0.15, 0.2) is 0 Å². The standard InChI is InChI=1S/C24H21ClFN5O/c1-31-15-17(11-30-31)8-23-27-13-20(14-28-23)18-4-2-16(3-5-18)9-24(32)29-12-19-6-7-21(26)10-22(19)25/h2-7,10-11,13-15H,8-9,12H2,1H3,(H,29,32). The third kappa shape index (κ3) is 5.56. The third-order valence-corrected chi connectivity index (χ3v) is 5.32. The van der Waals surface area contributed by atoms with Gasteiger partial charge in [-0.05, 0) is 34.4 Å². The normalized spacial score (nSPS) is 10.8. The van der Waals surface area contributed by atoms with Crippen LogP contribution >= 0.6 is 11.6 Å². The van der Waals surface area contributed by atoms with Gasteiger partial charge in [-0.2, -0.15) is 5.10 Å². The minimum Gasteiger partial charge on any atom is -0.352 e. The van der Waals surface area contributed by atoms with Crippen LogP contribution in [0.4, 0.5) is 4.39 Å². The van der Waals surface area contributed by atoms with Gasteiger partial charge in [-0.25, -0.2) is 14.4 Å². The Labute approximate surface area is 190 Å². The number of amides is 1. The van der Waals surface area contributed by atoms with Crippen LogP contribution in [0.2, 0.25) is 5.02 Å². The fraction of sp³-hybridized carbons (Fsp3) is 0.167. The fourth-order valence-electron chi connectivity index (χ4n) is 3.26. The molecule has 0 aliphatic carbocycles. The Morgan fingerprint density at radius 1 is 1.03 bits per heavy atom. The Hall–Kier alpha value is -3.58. The molecule has 1 amide bonds. The maximum Gasteiger partial charge on any atom is 0.224 e. The van der Waals surface area contributed by atoms with Crippen molar-refractivity contribution in [3.63, 3.8) is 0 Å². The lowest BCUT2D eigenvalue weighted by atomic mass is 10.0. The highest BCUT2D eigenvalue weighted by atomic mass is 35.5. The van der Waals surface area contributed by atoms with Crippen LogP contribution in [0.3, 0.4) is 0 Å². The van der Waals surface area contributed by atoms with Crippen LogP contribution in [-0.4, -0.2) is 25.7 Å². The van der Waals surface area contributed by atoms with Crippen molar-refractivity contribution >= 4 is 17.5 Å². The van der Waals surface area contributed by atoms with E-state index in [1.54, 1.807) is 29.3 Å². The number of aromatic nitrogens is 4. The summed E-state index contributed by atoms with van der Waals surface area (Å²) >= 11 is 5.99. The van der Waals surface area contributed by atoms with Crippen molar-refractivity contribution in [3.05, 3.63) is 101 Å². The SMILES string of the molecule is Cn1cc(Cc2ncc(-c3ccc(CC(=O)NCc4ccc(F)cc4Cl)cc3)cn2)cn1. The van der Waals surface area contributed by atoms with Crippen molar-refractivity contribution < 1.29 is 9.18 Å². The minimum absolute atomic E-state index is 0.138. The molecule has 0 aliphatic heterocycles. The summed E-state index contributed by atoms with van der Waals surface area (Å²) in [5, 5.41) is 7.26. The highest BCUT2D eigenvalue weighted by molar-refractivity contribution is 6.31. The molecular formula is C24H21ClFN5O. The highest BCUT2D eigenvalue weighted by Gasteiger charge is 2.08. The lowest BCUT2D eigenvalue weighted by Gasteiger charge is -2.08. The molecule has 1 N–H and O–H groups in total. The number of benzene rings is 2. The van der Waals surface area contributed by atoms with Gasteiger partial charge in [0, 0.05) is 49.2 Å². The summed E-state index contributed by atoms with van der Waals surface area (Å²) in [5.41, 5.74) is 4.49. The third-order valence-electron chi connectivity index (χ3n) is 4.97. The van der Waals surface area contributed by atoms with Gasteiger partial charge in [-0.15, -0.1) is 0 Å². The molecule has 4 rings (SSSR count). The molecule has 4 aromatic rings. The summed E-state index contributed by atoms with van der Waals surface area (Å²) in [6.07, 6.45) is 8.21. The molecule has 0 saturated heterocycles. The molecule has 0 saturated carbocycles. The molecule has 2 aromatic carbocycles. The number of hydrogen-bond acceptors (Lipinski definition) is 4. The van der Waals surface area contributed by atoms with Crippen LogP contribution in [0.5, 0.6) is 0 Å². The van der Waals surface area contributed by atoms with Gasteiger partial charge in [-0.3, -0.25) is 9.48 Å². The lowest BCUT2D eigenvalue weighted by Crippen LogP contribution is -2.24. The van der Waals surface area contributed by atoms with E-state index in [0.717, 1.165) is 28.1 Å². The molecule has 2 heterocycles. The fourth-order valence-corrected chi connectivity index (χ4v) is 3.50. The zero-order valence-electron chi connectivity index (χ0n) is 17.4. The second kappa shape index (κ2) is 9.70. The quantitative estimate of drug-likeness (QED) is 0.460. The molecule has 162 valence electrons. The smallest absolute Gasteiger partial charge is 0.224 e. The average molecular weight is 450 g/mol. The first-order chi connectivity index (χ1) is 15.5. The summed E-state index contributed by atoms with van der Waals surface area (Å²) in [5.74, 6) is 0.191. The maximum absolute atomic E-state index is 13.1. The van der Waals surface area contributed by atoms with Crippen LogP contribution in [0.25, 0.3) is 11.1 Å². The van der Waals surface area contributed by atoms with E-state index in [9.17, 15) is 9.18 Å². The summed E-state index contributed by atoms with van der Waals surface area (Å²) < 4.78 is 14.9. The van der Waals surface area contributed by atoms with E-state index in [-0.39, 0.29) is 18.9 Å². The summed E-state index contributed by atoms with van der Waals surface area (Å²) in [6.45, 7) is 0.249. The molecule has 0 unspecified atom stereocenters. The maximum atomic E-state index is 13.1. The van der Waals surface area contributed by atoms with E-state index < -0.39 is 5.82 Å². The monoisotopic (exact) mass is 449 g/mol. The Morgan fingerprint density at radius 2 is 1.78 bits per heavy atom. The molecular weight excluding hydrogens is 429 g/mol. The number of halogens is 2. The molecule has 2 aromatic heterocycles. The number of carbonyl (C=O) groups excluding carboxylic acids is 1. The van der Waals surface area contributed by atoms with Crippen molar-refractivity contribution in [2.24, 2.45) is 7.05 Å². The van der Waals surface area contributed by atoms with Crippen molar-refractivity contribution in [2.45, 2.75) is 19.4 Å². The van der Waals surface area contributed by atoms with Crippen LogP contribution in [0.1, 0.15) is 22.5 Å². The topological polar surface area (TPSA) is 72.7 Å². The van der Waals surface area contributed by atoms with E-state index in [2.05, 4.69) is 20.4 Å². The van der Waals surface area contributed by atoms with E-state index in [1.807, 2.05) is 37.5 Å². The van der Waals surface area contributed by atoms with Crippen molar-refractivity contribution in [1.29, 1.82) is 0 Å². The molecule has 0 atom stereocenters. The number of hydrogen-bond donors (Lipinski definition) is 1. The summed E-state index contributed by atoms with van der Waals surface area (Å²) in [6, 6.07) is 11.8. The van der Waals surface area contributed by atoms with Gasteiger partial charge < -0.3 is 5.32 Å². The molecule has 6 nitrogen and oxygen atoms in total. The molecule has 0 aliphatic rings. The molecule has 0 spiro atoms. The summed E-state index contributed by atoms with van der Waals surface area (Å²) in [7, 11) is 1.88. The molecule has 0 bridgehead atoms. The predicted octanol–water partition coefficient (Wildman–Crippen LogP) is 4.12. The number of rotatable bonds is 7. The Kier molecular flexibility index (Phi) is 6.56. The second-order valence-corrected chi connectivity index (χ2v) is 7.88. The first kappa shape index (κ1) is 21.6. The molecule has 0 fully saturated rings. The largest absolute Gasteiger partial charge is 0.352 e. The van der Waals surface area contributed by atoms with Crippen LogP contribution < -0.4 is 5.32 Å². The van der Waals surface area contributed by atoms with Gasteiger partial charge in [-0.1, -0.05) is 41.9 Å². The zero-order chi connectivity index (χ0) is 22.5. The van der Waals surface area contributed by atoms with E-state index in [1.165, 1.54) is 12.1 Å². The van der Waals surface area contributed by atoms with E-state index in [0.29, 0.717) is 17.0 Å². The van der Waals surface area contributed by atoms with Gasteiger partial charge in [0.1, 0.15) is 11.6 Å². The first-order valence-electron chi connectivity index (χ1n) is 10.0. The van der Waals surface area contributed by atoms with Gasteiger partial charge >= 0.3 is 0 Å². The molecule has 8 heteroatoms. The van der Waals surface area contributed by atoms with Gasteiger partial charge in [0.25, 0.3) is 0 Å². The lowest BCUT2D eigenvalue weighted by molar-refractivity contribution is -0.120. The average Bonchev–Trinajstić information content (AvgIpc) is 3.19. The first-order valence-corrected chi connectivity index (χ1v) is 10.4. The van der Waals surface area contributed by atoms with Crippen molar-refractivity contribution in [2.75, 3.05) is 0 Å². The number of nitrogens with zero attached hydrogens (tertiary/aromatic N) is 4. The van der Waals surface area contributed by atoms with Gasteiger partial charge in [0.05, 0.1) is 12.6 Å². The van der Waals surface area contributed by atoms with E-state index in [4.69, 9.17) is 11.6 Å². The molecule has 32 heavy (non-hydrogen) atoms. The van der Waals surface area contributed by atoms with Crippen molar-refractivity contribution in [1.82, 2.24) is 25.1 Å². The van der Waals surface area contributed by atoms with Gasteiger partial charge in [0.2, 0.25) is 5.91 Å². The Bertz CT molecular complexity index is 1220. The number of aryl methyl sites for hydroxylation is 1. The van der Waals surface area contributed by atoms with Crippen LogP contribution in [0, 0.1) is 5.82 Å². The molecule has 0 radical (unpaired) electrons. The number of nitrogens with one attached hydrogen (secondary N) is 1. The zero-order valence-corrected chi connectivity index (χ0v) is 18.2. The Morgan fingerprint density at radius 3 is 2.44 bits per heavy atom. The van der Waals surface area contributed by atoms with Crippen LogP contribution in [-0.2, 0) is 31.2 Å². The minimum atomic E-state index is -0.404. The highest BCUT2D eigenvalue weighted by Crippen LogP contribution is 2.19. The van der Waals surface area contributed by atoms with Crippen molar-refractivity contribution in [3.8, 4) is 11.1 Å². The summed E-state index contributed by atoms with van der Waals surface area (Å²) in [4.78, 5) is 21.2. The second-order valence-electron chi connectivity index (χ2n) is 7.47. The van der Waals surface area contributed by atoms with E-state index >= 15 is 0 Å². The predicted molar refractivity (Wildman–Crippen MR) is 120 cm³/mol. The number of carbonyl (C=O) groups is 1. The Balaban J connectivity index is 1.32. The van der Waals surface area contributed by atoms with Crippen LogP contribution in [0.15, 0.2) is 67.3 Å².